The van der Waals surface area contributed by atoms with E-state index in [0.717, 1.165) is 45.3 Å². The molecule has 0 radical (unpaired) electrons. The van der Waals surface area contributed by atoms with Crippen molar-refractivity contribution in [3.05, 3.63) is 77.0 Å². The van der Waals surface area contributed by atoms with Crippen LogP contribution in [0.1, 0.15) is 40.9 Å². The summed E-state index contributed by atoms with van der Waals surface area (Å²) >= 11 is 0. The molecule has 0 atom stereocenters. The lowest BCUT2D eigenvalue weighted by Gasteiger charge is -2.30. The molecule has 4 rings (SSSR count). The van der Waals surface area contributed by atoms with Crippen LogP contribution in [0.25, 0.3) is 10.9 Å². The van der Waals surface area contributed by atoms with Crippen molar-refractivity contribution in [2.75, 3.05) is 7.05 Å². The van der Waals surface area contributed by atoms with E-state index in [1.165, 1.54) is 0 Å². The Bertz CT molecular complexity index is 1050. The van der Waals surface area contributed by atoms with Crippen LogP contribution < -0.4 is 5.32 Å². The van der Waals surface area contributed by atoms with Gasteiger partial charge in [-0.3, -0.25) is 14.8 Å². The number of carbonyl (C=O) groups is 1. The molecule has 0 saturated carbocycles. The van der Waals surface area contributed by atoms with Crippen molar-refractivity contribution in [2.24, 2.45) is 4.99 Å². The number of hydrogen-bond donors (Lipinski definition) is 1. The Balaban J connectivity index is 1.93. The van der Waals surface area contributed by atoms with Crippen LogP contribution in [-0.2, 0) is 6.42 Å². The molecule has 0 unspecified atom stereocenters. The smallest absolute Gasteiger partial charge is 0.251 e. The number of fused-ring (bicyclic) bond motifs is 2. The molecule has 0 spiro atoms. The molecular formula is C22H21N3O. The SMILES string of the molecule is CNC(=O)c1cccc2c1CC(C)(C)N=C2c1cnc2ccccc2c1. The maximum absolute atomic E-state index is 12.4. The van der Waals surface area contributed by atoms with E-state index in [0.29, 0.717) is 0 Å². The highest BCUT2D eigenvalue weighted by Gasteiger charge is 2.30. The standard InChI is InChI=1S/C22H21N3O/c1-22(2)12-18-16(8-6-9-17(18)21(26)23-3)20(25-22)15-11-14-7-4-5-10-19(14)24-13-15/h4-11,13H,12H2,1-3H3,(H,23,26). The lowest BCUT2D eigenvalue weighted by atomic mass is 9.82. The van der Waals surface area contributed by atoms with Crippen LogP contribution in [0.15, 0.2) is 59.7 Å². The van der Waals surface area contributed by atoms with Crippen molar-refractivity contribution >= 4 is 22.5 Å². The summed E-state index contributed by atoms with van der Waals surface area (Å²) in [4.78, 5) is 21.9. The van der Waals surface area contributed by atoms with Gasteiger partial charge in [0.05, 0.1) is 16.8 Å². The molecule has 0 saturated heterocycles. The zero-order valence-corrected chi connectivity index (χ0v) is 15.2. The quantitative estimate of drug-likeness (QED) is 0.770. The van der Waals surface area contributed by atoms with Crippen molar-refractivity contribution in [1.29, 1.82) is 0 Å². The van der Waals surface area contributed by atoms with Crippen LogP contribution in [0.2, 0.25) is 0 Å². The number of nitrogens with one attached hydrogen (secondary N) is 1. The van der Waals surface area contributed by atoms with Gasteiger partial charge >= 0.3 is 0 Å². The summed E-state index contributed by atoms with van der Waals surface area (Å²) in [6, 6.07) is 16.0. The molecule has 1 aliphatic rings. The minimum Gasteiger partial charge on any atom is -0.355 e. The zero-order chi connectivity index (χ0) is 18.3. The van der Waals surface area contributed by atoms with E-state index >= 15 is 0 Å². The van der Waals surface area contributed by atoms with Gasteiger partial charge in [-0.1, -0.05) is 30.3 Å². The number of benzene rings is 2. The molecule has 4 nitrogen and oxygen atoms in total. The van der Waals surface area contributed by atoms with E-state index in [-0.39, 0.29) is 11.4 Å². The molecule has 1 amide bonds. The number of aliphatic imine (C=N–C) groups is 1. The summed E-state index contributed by atoms with van der Waals surface area (Å²) in [5, 5.41) is 3.83. The highest BCUT2D eigenvalue weighted by Crippen LogP contribution is 2.32. The minimum absolute atomic E-state index is 0.0597. The van der Waals surface area contributed by atoms with E-state index in [2.05, 4.69) is 36.3 Å². The Kier molecular flexibility index (Phi) is 3.83. The van der Waals surface area contributed by atoms with Crippen molar-refractivity contribution in [1.82, 2.24) is 10.3 Å². The van der Waals surface area contributed by atoms with Gasteiger partial charge in [0.25, 0.3) is 5.91 Å². The molecule has 0 aliphatic carbocycles. The second-order valence-corrected chi connectivity index (χ2v) is 7.28. The third-order valence-corrected chi connectivity index (χ3v) is 4.79. The summed E-state index contributed by atoms with van der Waals surface area (Å²) in [7, 11) is 1.66. The molecule has 130 valence electrons. The van der Waals surface area contributed by atoms with Gasteiger partial charge in [-0.2, -0.15) is 0 Å². The van der Waals surface area contributed by atoms with E-state index < -0.39 is 0 Å². The normalized spacial score (nSPS) is 15.3. The van der Waals surface area contributed by atoms with Crippen LogP contribution in [0.5, 0.6) is 0 Å². The van der Waals surface area contributed by atoms with Crippen LogP contribution in [0.3, 0.4) is 0 Å². The van der Waals surface area contributed by atoms with Gasteiger partial charge in [-0.15, -0.1) is 0 Å². The Labute approximate surface area is 153 Å². The highest BCUT2D eigenvalue weighted by atomic mass is 16.1. The van der Waals surface area contributed by atoms with Crippen molar-refractivity contribution in [3.8, 4) is 0 Å². The number of aromatic nitrogens is 1. The summed E-state index contributed by atoms with van der Waals surface area (Å²) in [5.41, 5.74) is 5.35. The first kappa shape index (κ1) is 16.5. The predicted molar refractivity (Wildman–Crippen MR) is 105 cm³/mol. The van der Waals surface area contributed by atoms with Gasteiger partial charge in [0.2, 0.25) is 0 Å². The Morgan fingerprint density at radius 3 is 2.73 bits per heavy atom. The van der Waals surface area contributed by atoms with E-state index in [9.17, 15) is 4.79 Å². The average molecular weight is 343 g/mol. The van der Waals surface area contributed by atoms with Crippen LogP contribution in [-0.4, -0.2) is 29.2 Å². The third kappa shape index (κ3) is 2.77. The van der Waals surface area contributed by atoms with Crippen LogP contribution >= 0.6 is 0 Å². The Morgan fingerprint density at radius 1 is 1.12 bits per heavy atom. The van der Waals surface area contributed by atoms with Crippen molar-refractivity contribution in [2.45, 2.75) is 25.8 Å². The van der Waals surface area contributed by atoms with Gasteiger partial charge in [0, 0.05) is 35.3 Å². The van der Waals surface area contributed by atoms with Gasteiger partial charge in [-0.05, 0) is 44.0 Å². The average Bonchev–Trinajstić information content (AvgIpc) is 2.65. The van der Waals surface area contributed by atoms with Gasteiger partial charge in [0.1, 0.15) is 0 Å². The maximum Gasteiger partial charge on any atom is 0.251 e. The largest absolute Gasteiger partial charge is 0.355 e. The second-order valence-electron chi connectivity index (χ2n) is 7.28. The number of carbonyl (C=O) groups excluding carboxylic acids is 1. The predicted octanol–water partition coefficient (Wildman–Crippen LogP) is 3.77. The molecule has 0 bridgehead atoms. The lowest BCUT2D eigenvalue weighted by molar-refractivity contribution is 0.0962. The summed E-state index contributed by atoms with van der Waals surface area (Å²) in [5.74, 6) is -0.0597. The van der Waals surface area contributed by atoms with Crippen LogP contribution in [0, 0.1) is 0 Å². The van der Waals surface area contributed by atoms with Crippen molar-refractivity contribution in [3.63, 3.8) is 0 Å². The first-order valence-corrected chi connectivity index (χ1v) is 8.78. The highest BCUT2D eigenvalue weighted by molar-refractivity contribution is 6.16. The van der Waals surface area contributed by atoms with Crippen LogP contribution in [0.4, 0.5) is 0 Å². The van der Waals surface area contributed by atoms with E-state index in [4.69, 9.17) is 4.99 Å². The molecule has 4 heteroatoms. The topological polar surface area (TPSA) is 54.4 Å². The molecule has 3 aromatic rings. The molecule has 1 N–H and O–H groups in total. The minimum atomic E-state index is -0.280. The second kappa shape index (κ2) is 6.06. The van der Waals surface area contributed by atoms with Crippen molar-refractivity contribution < 1.29 is 4.79 Å². The number of nitrogens with zero attached hydrogens (tertiary/aromatic N) is 2. The molecule has 0 fully saturated rings. The molecule has 26 heavy (non-hydrogen) atoms. The Hall–Kier alpha value is -3.01. The zero-order valence-electron chi connectivity index (χ0n) is 15.2. The molecule has 2 aromatic carbocycles. The molecule has 1 aliphatic heterocycles. The van der Waals surface area contributed by atoms with Gasteiger partial charge in [0.15, 0.2) is 0 Å². The Morgan fingerprint density at radius 2 is 1.92 bits per heavy atom. The van der Waals surface area contributed by atoms with E-state index in [1.54, 1.807) is 7.05 Å². The fourth-order valence-electron chi connectivity index (χ4n) is 3.60. The number of hydrogen-bond acceptors (Lipinski definition) is 3. The summed E-state index contributed by atoms with van der Waals surface area (Å²) in [6.07, 6.45) is 2.61. The first-order valence-electron chi connectivity index (χ1n) is 8.78. The summed E-state index contributed by atoms with van der Waals surface area (Å²) in [6.45, 7) is 4.20. The monoisotopic (exact) mass is 343 g/mol. The fourth-order valence-corrected chi connectivity index (χ4v) is 3.60. The third-order valence-electron chi connectivity index (χ3n) is 4.79. The molecular weight excluding hydrogens is 322 g/mol. The lowest BCUT2D eigenvalue weighted by Crippen LogP contribution is -2.32. The van der Waals surface area contributed by atoms with Gasteiger partial charge in [-0.25, -0.2) is 0 Å². The van der Waals surface area contributed by atoms with Gasteiger partial charge < -0.3 is 5.32 Å². The summed E-state index contributed by atoms with van der Waals surface area (Å²) < 4.78 is 0. The van der Waals surface area contributed by atoms with E-state index in [1.807, 2.05) is 42.6 Å². The number of para-hydroxylation sites is 1. The number of amides is 1. The fraction of sp³-hybridized carbons (Fsp3) is 0.227. The number of pyridine rings is 1. The number of rotatable bonds is 2. The maximum atomic E-state index is 12.4. The molecule has 2 heterocycles. The first-order chi connectivity index (χ1) is 12.5. The molecule has 1 aromatic heterocycles.